The Morgan fingerprint density at radius 3 is 2.06 bits per heavy atom. The monoisotopic (exact) mass is 241 g/mol. The summed E-state index contributed by atoms with van der Waals surface area (Å²) >= 11 is 0. The van der Waals surface area contributed by atoms with Gasteiger partial charge in [0.25, 0.3) is 0 Å². The maximum absolute atomic E-state index is 3.93. The van der Waals surface area contributed by atoms with E-state index in [4.69, 9.17) is 0 Å². The van der Waals surface area contributed by atoms with E-state index in [1.807, 2.05) is 13.1 Å². The first kappa shape index (κ1) is 12.7. The quantitative estimate of drug-likeness (QED) is 0.894. The van der Waals surface area contributed by atoms with Crippen molar-refractivity contribution in [3.05, 3.63) is 59.4 Å². The van der Waals surface area contributed by atoms with Crippen molar-refractivity contribution in [1.82, 2.24) is 15.5 Å². The molecule has 2 rings (SSSR count). The zero-order valence-electron chi connectivity index (χ0n) is 11.1. The van der Waals surface area contributed by atoms with Crippen LogP contribution in [0.4, 0.5) is 0 Å². The number of benzene rings is 1. The zero-order chi connectivity index (χ0) is 13.0. The van der Waals surface area contributed by atoms with E-state index >= 15 is 0 Å². The Hall–Kier alpha value is -1.74. The largest absolute Gasteiger partial charge is 0.309 e. The molecule has 94 valence electrons. The summed E-state index contributed by atoms with van der Waals surface area (Å²) in [4.78, 5) is 0. The predicted octanol–water partition coefficient (Wildman–Crippen LogP) is 2.91. The minimum Gasteiger partial charge on any atom is -0.309 e. The molecule has 1 aromatic heterocycles. The molecule has 0 fully saturated rings. The highest BCUT2D eigenvalue weighted by atomic mass is 15.1. The van der Waals surface area contributed by atoms with Crippen LogP contribution in [0.2, 0.25) is 0 Å². The van der Waals surface area contributed by atoms with E-state index < -0.39 is 0 Å². The SMILES string of the molecule is CNC(c1ccc(C(C)C)cc1)c1ccnnc1. The van der Waals surface area contributed by atoms with Crippen LogP contribution >= 0.6 is 0 Å². The van der Waals surface area contributed by atoms with Crippen molar-refractivity contribution >= 4 is 0 Å². The van der Waals surface area contributed by atoms with E-state index in [0.717, 1.165) is 5.56 Å². The number of aromatic nitrogens is 2. The van der Waals surface area contributed by atoms with Crippen LogP contribution in [-0.2, 0) is 0 Å². The fourth-order valence-electron chi connectivity index (χ4n) is 2.07. The molecule has 0 aliphatic heterocycles. The van der Waals surface area contributed by atoms with E-state index in [1.54, 1.807) is 12.4 Å². The fourth-order valence-corrected chi connectivity index (χ4v) is 2.07. The van der Waals surface area contributed by atoms with Crippen molar-refractivity contribution < 1.29 is 0 Å². The van der Waals surface area contributed by atoms with Crippen LogP contribution in [0.1, 0.15) is 42.5 Å². The van der Waals surface area contributed by atoms with Crippen LogP contribution in [0.5, 0.6) is 0 Å². The van der Waals surface area contributed by atoms with Gasteiger partial charge in [0.1, 0.15) is 0 Å². The van der Waals surface area contributed by atoms with Gasteiger partial charge in [-0.15, -0.1) is 0 Å². The Morgan fingerprint density at radius 2 is 1.56 bits per heavy atom. The van der Waals surface area contributed by atoms with Crippen molar-refractivity contribution in [2.45, 2.75) is 25.8 Å². The molecule has 0 aliphatic rings. The third-order valence-electron chi connectivity index (χ3n) is 3.17. The molecule has 1 aromatic carbocycles. The smallest absolute Gasteiger partial charge is 0.0590 e. The highest BCUT2D eigenvalue weighted by molar-refractivity contribution is 5.32. The summed E-state index contributed by atoms with van der Waals surface area (Å²) in [5.74, 6) is 0.565. The average Bonchev–Trinajstić information content (AvgIpc) is 2.41. The predicted molar refractivity (Wildman–Crippen MR) is 73.5 cm³/mol. The number of nitrogens with zero attached hydrogens (tertiary/aromatic N) is 2. The van der Waals surface area contributed by atoms with Gasteiger partial charge < -0.3 is 5.32 Å². The van der Waals surface area contributed by atoms with Gasteiger partial charge in [0.15, 0.2) is 0 Å². The van der Waals surface area contributed by atoms with Crippen molar-refractivity contribution in [2.75, 3.05) is 7.05 Å². The number of nitrogens with one attached hydrogen (secondary N) is 1. The molecule has 1 unspecified atom stereocenters. The average molecular weight is 241 g/mol. The van der Waals surface area contributed by atoms with E-state index in [0.29, 0.717) is 5.92 Å². The molecule has 2 aromatic rings. The molecule has 0 aliphatic carbocycles. The van der Waals surface area contributed by atoms with Crippen LogP contribution in [0.15, 0.2) is 42.7 Å². The molecule has 0 bridgehead atoms. The molecule has 0 radical (unpaired) electrons. The molecule has 1 N–H and O–H groups in total. The van der Waals surface area contributed by atoms with Gasteiger partial charge in [0.05, 0.1) is 12.2 Å². The Balaban J connectivity index is 2.28. The highest BCUT2D eigenvalue weighted by Gasteiger charge is 2.12. The number of rotatable bonds is 4. The minimum atomic E-state index is 0.168. The Bertz CT molecular complexity index is 477. The van der Waals surface area contributed by atoms with Crippen LogP contribution in [0.3, 0.4) is 0 Å². The molecule has 0 saturated carbocycles. The summed E-state index contributed by atoms with van der Waals surface area (Å²) in [7, 11) is 1.96. The standard InChI is InChI=1S/C15H19N3/c1-11(2)12-4-6-13(7-5-12)15(16-3)14-8-9-17-18-10-14/h4-11,15-16H,1-3H3. The minimum absolute atomic E-state index is 0.168. The lowest BCUT2D eigenvalue weighted by Crippen LogP contribution is -2.17. The van der Waals surface area contributed by atoms with Crippen molar-refractivity contribution in [3.63, 3.8) is 0 Å². The second kappa shape index (κ2) is 5.74. The van der Waals surface area contributed by atoms with Gasteiger partial charge in [-0.2, -0.15) is 10.2 Å². The normalized spacial score (nSPS) is 12.7. The molecular formula is C15H19N3. The Morgan fingerprint density at radius 1 is 0.889 bits per heavy atom. The molecule has 3 heteroatoms. The maximum atomic E-state index is 3.93. The van der Waals surface area contributed by atoms with Crippen molar-refractivity contribution in [3.8, 4) is 0 Å². The number of hydrogen-bond donors (Lipinski definition) is 1. The second-order valence-corrected chi connectivity index (χ2v) is 4.72. The molecule has 1 heterocycles. The molecule has 0 spiro atoms. The molecular weight excluding hydrogens is 222 g/mol. The summed E-state index contributed by atoms with van der Waals surface area (Å²) in [6.45, 7) is 4.41. The van der Waals surface area contributed by atoms with E-state index in [-0.39, 0.29) is 6.04 Å². The summed E-state index contributed by atoms with van der Waals surface area (Å²) in [5, 5.41) is 11.1. The van der Waals surface area contributed by atoms with Gasteiger partial charge >= 0.3 is 0 Å². The molecule has 0 amide bonds. The summed E-state index contributed by atoms with van der Waals surface area (Å²) in [6.07, 6.45) is 3.53. The van der Waals surface area contributed by atoms with Gasteiger partial charge in [-0.05, 0) is 35.7 Å². The summed E-state index contributed by atoms with van der Waals surface area (Å²) in [5.41, 5.74) is 3.74. The third kappa shape index (κ3) is 2.74. The van der Waals surface area contributed by atoms with Crippen LogP contribution < -0.4 is 5.32 Å². The molecule has 18 heavy (non-hydrogen) atoms. The van der Waals surface area contributed by atoms with E-state index in [9.17, 15) is 0 Å². The van der Waals surface area contributed by atoms with Gasteiger partial charge in [-0.1, -0.05) is 38.1 Å². The van der Waals surface area contributed by atoms with Crippen molar-refractivity contribution in [2.24, 2.45) is 0 Å². The van der Waals surface area contributed by atoms with E-state index in [1.165, 1.54) is 11.1 Å². The zero-order valence-corrected chi connectivity index (χ0v) is 11.1. The van der Waals surface area contributed by atoms with E-state index in [2.05, 4.69) is 53.6 Å². The van der Waals surface area contributed by atoms with Crippen LogP contribution in [0, 0.1) is 0 Å². The van der Waals surface area contributed by atoms with Crippen LogP contribution in [-0.4, -0.2) is 17.2 Å². The lowest BCUT2D eigenvalue weighted by atomic mass is 9.96. The second-order valence-electron chi connectivity index (χ2n) is 4.72. The first-order valence-electron chi connectivity index (χ1n) is 6.26. The summed E-state index contributed by atoms with van der Waals surface area (Å²) < 4.78 is 0. The Kier molecular flexibility index (Phi) is 4.05. The van der Waals surface area contributed by atoms with Gasteiger partial charge in [-0.3, -0.25) is 0 Å². The first-order chi connectivity index (χ1) is 8.72. The van der Waals surface area contributed by atoms with Gasteiger partial charge in [-0.25, -0.2) is 0 Å². The lowest BCUT2D eigenvalue weighted by Gasteiger charge is -2.17. The summed E-state index contributed by atoms with van der Waals surface area (Å²) in [6, 6.07) is 10.9. The number of hydrogen-bond acceptors (Lipinski definition) is 3. The fraction of sp³-hybridized carbons (Fsp3) is 0.333. The molecule has 0 saturated heterocycles. The van der Waals surface area contributed by atoms with Gasteiger partial charge in [0.2, 0.25) is 0 Å². The maximum Gasteiger partial charge on any atom is 0.0590 e. The lowest BCUT2D eigenvalue weighted by molar-refractivity contribution is 0.684. The van der Waals surface area contributed by atoms with Crippen molar-refractivity contribution in [1.29, 1.82) is 0 Å². The first-order valence-corrected chi connectivity index (χ1v) is 6.26. The third-order valence-corrected chi connectivity index (χ3v) is 3.17. The highest BCUT2D eigenvalue weighted by Crippen LogP contribution is 2.23. The molecule has 1 atom stereocenters. The molecule has 3 nitrogen and oxygen atoms in total. The topological polar surface area (TPSA) is 37.8 Å². The van der Waals surface area contributed by atoms with Gasteiger partial charge in [0, 0.05) is 6.20 Å². The Labute approximate surface area is 108 Å². The van der Waals surface area contributed by atoms with Crippen LogP contribution in [0.25, 0.3) is 0 Å².